The first kappa shape index (κ1) is 8.24. The number of hydrogen-bond acceptors (Lipinski definition) is 3. The van der Waals surface area contributed by atoms with Gasteiger partial charge in [-0.25, -0.2) is 0 Å². The number of ether oxygens (including phenoxy) is 1. The second kappa shape index (κ2) is 3.51. The summed E-state index contributed by atoms with van der Waals surface area (Å²) in [5.41, 5.74) is 0.545. The first-order valence-corrected chi connectivity index (χ1v) is 3.99. The zero-order valence-electron chi connectivity index (χ0n) is 6.72. The molecule has 0 radical (unpaired) electrons. The Balaban J connectivity index is 2.46. The zero-order chi connectivity index (χ0) is 8.27. The van der Waals surface area contributed by atoms with Gasteiger partial charge in [-0.2, -0.15) is 0 Å². The van der Waals surface area contributed by atoms with Crippen molar-refractivity contribution in [1.82, 2.24) is 0 Å². The van der Waals surface area contributed by atoms with Crippen molar-refractivity contribution in [1.29, 1.82) is 5.41 Å². The molecule has 0 amide bonds. The lowest BCUT2D eigenvalue weighted by Crippen LogP contribution is -2.20. The Morgan fingerprint density at radius 2 is 2.55 bits per heavy atom. The molecular weight excluding hydrogens is 142 g/mol. The molecule has 0 heterocycles. The Labute approximate surface area is 66.2 Å². The third kappa shape index (κ3) is 1.79. The van der Waals surface area contributed by atoms with Gasteiger partial charge >= 0.3 is 5.97 Å². The molecule has 0 aromatic rings. The van der Waals surface area contributed by atoms with Crippen LogP contribution in [0.5, 0.6) is 0 Å². The van der Waals surface area contributed by atoms with Gasteiger partial charge in [0.05, 0.1) is 12.5 Å². The van der Waals surface area contributed by atoms with Crippen molar-refractivity contribution in [3.63, 3.8) is 0 Å². The van der Waals surface area contributed by atoms with Gasteiger partial charge in [0.2, 0.25) is 0 Å². The molecule has 1 rings (SSSR count). The summed E-state index contributed by atoms with van der Waals surface area (Å²) in [6.07, 6.45) is 2.53. The molecule has 1 saturated carbocycles. The summed E-state index contributed by atoms with van der Waals surface area (Å²) < 4.78 is 4.82. The van der Waals surface area contributed by atoms with E-state index < -0.39 is 0 Å². The number of hydrogen-bond donors (Lipinski definition) is 1. The quantitative estimate of drug-likeness (QED) is 0.612. The summed E-state index contributed by atoms with van der Waals surface area (Å²) in [7, 11) is 0. The normalized spacial score (nSPS) is 23.7. The first-order chi connectivity index (χ1) is 5.25. The van der Waals surface area contributed by atoms with E-state index in [-0.39, 0.29) is 11.9 Å². The molecule has 1 unspecified atom stereocenters. The highest BCUT2D eigenvalue weighted by molar-refractivity contribution is 6.01. The van der Waals surface area contributed by atoms with E-state index in [0.717, 1.165) is 19.3 Å². The zero-order valence-corrected chi connectivity index (χ0v) is 6.72. The molecule has 0 saturated heterocycles. The molecule has 3 nitrogen and oxygen atoms in total. The number of rotatable bonds is 2. The van der Waals surface area contributed by atoms with Crippen LogP contribution in [0.15, 0.2) is 0 Å². The van der Waals surface area contributed by atoms with Gasteiger partial charge in [0.25, 0.3) is 0 Å². The van der Waals surface area contributed by atoms with E-state index >= 15 is 0 Å². The maximum Gasteiger partial charge on any atom is 0.314 e. The maximum atomic E-state index is 11.1. The average molecular weight is 155 g/mol. The van der Waals surface area contributed by atoms with Gasteiger partial charge in [0.15, 0.2) is 0 Å². The highest BCUT2D eigenvalue weighted by Gasteiger charge is 2.28. The number of esters is 1. The van der Waals surface area contributed by atoms with E-state index in [4.69, 9.17) is 10.1 Å². The lowest BCUT2D eigenvalue weighted by Gasteiger charge is -2.07. The highest BCUT2D eigenvalue weighted by Crippen LogP contribution is 2.22. The van der Waals surface area contributed by atoms with Gasteiger partial charge in [0, 0.05) is 5.71 Å². The fourth-order valence-electron chi connectivity index (χ4n) is 1.35. The number of nitrogens with one attached hydrogen (secondary N) is 1. The topological polar surface area (TPSA) is 50.2 Å². The maximum absolute atomic E-state index is 11.1. The largest absolute Gasteiger partial charge is 0.465 e. The van der Waals surface area contributed by atoms with Crippen molar-refractivity contribution in [2.45, 2.75) is 26.2 Å². The lowest BCUT2D eigenvalue weighted by molar-refractivity contribution is -0.145. The van der Waals surface area contributed by atoms with Crippen molar-refractivity contribution in [3.05, 3.63) is 0 Å². The summed E-state index contributed by atoms with van der Waals surface area (Å²) in [6.45, 7) is 2.21. The van der Waals surface area contributed by atoms with Gasteiger partial charge in [-0.3, -0.25) is 4.79 Å². The molecule has 0 aromatic heterocycles. The Morgan fingerprint density at radius 3 is 3.00 bits per heavy atom. The minimum absolute atomic E-state index is 0.213. The highest BCUT2D eigenvalue weighted by atomic mass is 16.5. The van der Waals surface area contributed by atoms with Gasteiger partial charge in [-0.1, -0.05) is 0 Å². The summed E-state index contributed by atoms with van der Waals surface area (Å²) in [6, 6.07) is 0. The fraction of sp³-hybridized carbons (Fsp3) is 0.750. The van der Waals surface area contributed by atoms with Crippen molar-refractivity contribution in [2.75, 3.05) is 6.61 Å². The third-order valence-corrected chi connectivity index (χ3v) is 1.93. The van der Waals surface area contributed by atoms with E-state index in [9.17, 15) is 4.79 Å². The standard InChI is InChI=1S/C8H13NO2/c1-2-11-8(10)6-4-3-5-7(6)9/h6,9H,2-5H2,1H3. The number of carbonyl (C=O) groups is 1. The summed E-state index contributed by atoms with van der Waals surface area (Å²) in [5.74, 6) is -0.440. The van der Waals surface area contributed by atoms with E-state index in [2.05, 4.69) is 0 Å². The molecule has 1 fully saturated rings. The molecule has 1 aliphatic rings. The van der Waals surface area contributed by atoms with E-state index in [1.807, 2.05) is 0 Å². The predicted octanol–water partition coefficient (Wildman–Crippen LogP) is 1.37. The van der Waals surface area contributed by atoms with Crippen LogP contribution in [0.3, 0.4) is 0 Å². The van der Waals surface area contributed by atoms with Gasteiger partial charge < -0.3 is 10.1 Å². The molecule has 1 atom stereocenters. The Bertz CT molecular complexity index is 177. The Kier molecular flexibility index (Phi) is 2.63. The smallest absolute Gasteiger partial charge is 0.314 e. The van der Waals surface area contributed by atoms with Gasteiger partial charge in [-0.05, 0) is 26.2 Å². The fourth-order valence-corrected chi connectivity index (χ4v) is 1.35. The molecule has 0 aromatic carbocycles. The summed E-state index contributed by atoms with van der Waals surface area (Å²) >= 11 is 0. The second-order valence-corrected chi connectivity index (χ2v) is 2.72. The van der Waals surface area contributed by atoms with Crippen molar-refractivity contribution in [2.24, 2.45) is 5.92 Å². The van der Waals surface area contributed by atoms with E-state index in [0.29, 0.717) is 12.3 Å². The first-order valence-electron chi connectivity index (χ1n) is 3.99. The van der Waals surface area contributed by atoms with Crippen LogP contribution in [0.4, 0.5) is 0 Å². The predicted molar refractivity (Wildman–Crippen MR) is 41.7 cm³/mol. The third-order valence-electron chi connectivity index (χ3n) is 1.93. The Morgan fingerprint density at radius 1 is 1.82 bits per heavy atom. The molecule has 3 heteroatoms. The van der Waals surface area contributed by atoms with Crippen LogP contribution in [0.2, 0.25) is 0 Å². The summed E-state index contributed by atoms with van der Waals surface area (Å²) in [4.78, 5) is 11.1. The number of carbonyl (C=O) groups excluding carboxylic acids is 1. The van der Waals surface area contributed by atoms with Crippen LogP contribution in [-0.2, 0) is 9.53 Å². The van der Waals surface area contributed by atoms with Crippen molar-refractivity contribution < 1.29 is 9.53 Å². The van der Waals surface area contributed by atoms with Crippen molar-refractivity contribution in [3.8, 4) is 0 Å². The lowest BCUT2D eigenvalue weighted by atomic mass is 10.1. The monoisotopic (exact) mass is 155 g/mol. The van der Waals surface area contributed by atoms with Crippen molar-refractivity contribution >= 4 is 11.7 Å². The van der Waals surface area contributed by atoms with Crippen LogP contribution < -0.4 is 0 Å². The minimum atomic E-state index is -0.227. The molecule has 1 N–H and O–H groups in total. The van der Waals surface area contributed by atoms with Crippen LogP contribution in [0, 0.1) is 11.3 Å². The van der Waals surface area contributed by atoms with Gasteiger partial charge in [-0.15, -0.1) is 0 Å². The van der Waals surface area contributed by atoms with E-state index in [1.165, 1.54) is 0 Å². The van der Waals surface area contributed by atoms with Crippen LogP contribution in [0.1, 0.15) is 26.2 Å². The second-order valence-electron chi connectivity index (χ2n) is 2.72. The molecule has 0 spiro atoms. The van der Waals surface area contributed by atoms with Crippen LogP contribution in [-0.4, -0.2) is 18.3 Å². The Hall–Kier alpha value is -0.860. The van der Waals surface area contributed by atoms with Crippen LogP contribution in [0.25, 0.3) is 0 Å². The molecule has 0 aliphatic heterocycles. The van der Waals surface area contributed by atoms with Gasteiger partial charge in [0.1, 0.15) is 0 Å². The molecular formula is C8H13NO2. The summed E-state index contributed by atoms with van der Waals surface area (Å²) in [5, 5.41) is 7.41. The average Bonchev–Trinajstić information content (AvgIpc) is 2.36. The van der Waals surface area contributed by atoms with Crippen LogP contribution >= 0.6 is 0 Å². The molecule has 0 bridgehead atoms. The molecule has 1 aliphatic carbocycles. The SMILES string of the molecule is CCOC(=O)C1CCCC1=N. The molecule has 11 heavy (non-hydrogen) atoms. The molecule has 62 valence electrons. The minimum Gasteiger partial charge on any atom is -0.465 e. The van der Waals surface area contributed by atoms with E-state index in [1.54, 1.807) is 6.92 Å².